The van der Waals surface area contributed by atoms with E-state index >= 15 is 0 Å². The number of aliphatic hydroxyl groups is 1. The first-order chi connectivity index (χ1) is 10.2. The highest BCUT2D eigenvalue weighted by Gasteiger charge is 2.34. The Morgan fingerprint density at radius 3 is 3.00 bits per heavy atom. The number of carbonyl (C=O) groups is 1. The van der Waals surface area contributed by atoms with Crippen molar-refractivity contribution in [3.63, 3.8) is 0 Å². The summed E-state index contributed by atoms with van der Waals surface area (Å²) in [6.07, 6.45) is 2.16. The normalized spacial score (nSPS) is 21.2. The number of pyridine rings is 1. The van der Waals surface area contributed by atoms with Gasteiger partial charge in [0.15, 0.2) is 17.5 Å². The highest BCUT2D eigenvalue weighted by molar-refractivity contribution is 5.53. The molecule has 3 rings (SSSR count). The molecule has 0 aliphatic carbocycles. The fraction of sp³-hybridized carbons (Fsp3) is 0.385. The Labute approximate surface area is 120 Å². The molecule has 110 valence electrons. The van der Waals surface area contributed by atoms with Crippen LogP contribution in [0.5, 0.6) is 0 Å². The van der Waals surface area contributed by atoms with Crippen molar-refractivity contribution in [3.8, 4) is 11.5 Å². The minimum Gasteiger partial charge on any atom is -0.394 e. The number of hydrogen-bond donors (Lipinski definition) is 1. The lowest BCUT2D eigenvalue weighted by Gasteiger charge is -2.37. The third kappa shape index (κ3) is 2.07. The number of nitrogens with zero attached hydrogens (tertiary/aromatic N) is 5. The predicted octanol–water partition coefficient (Wildman–Crippen LogP) is 0.373. The molecule has 0 bridgehead atoms. The Hall–Kier alpha value is -2.35. The van der Waals surface area contributed by atoms with Crippen molar-refractivity contribution in [2.45, 2.75) is 25.6 Å². The SMILES string of the molecule is CC1c2nnc(-c3ncccc3F)n2CC(CO)N1C=O. The second-order valence-electron chi connectivity index (χ2n) is 4.89. The fourth-order valence-corrected chi connectivity index (χ4v) is 2.61. The first-order valence-corrected chi connectivity index (χ1v) is 6.55. The minimum absolute atomic E-state index is 0.111. The van der Waals surface area contributed by atoms with Crippen molar-refractivity contribution in [2.24, 2.45) is 0 Å². The van der Waals surface area contributed by atoms with Crippen molar-refractivity contribution >= 4 is 6.41 Å². The molecular formula is C13H14FN5O2. The molecule has 2 aromatic rings. The number of carbonyl (C=O) groups excluding carboxylic acids is 1. The van der Waals surface area contributed by atoms with Gasteiger partial charge in [0.1, 0.15) is 5.69 Å². The molecule has 8 heteroatoms. The summed E-state index contributed by atoms with van der Waals surface area (Å²) in [7, 11) is 0. The molecule has 7 nitrogen and oxygen atoms in total. The molecular weight excluding hydrogens is 277 g/mol. The lowest BCUT2D eigenvalue weighted by molar-refractivity contribution is -0.125. The number of amides is 1. The van der Waals surface area contributed by atoms with Gasteiger partial charge in [0.2, 0.25) is 6.41 Å². The summed E-state index contributed by atoms with van der Waals surface area (Å²) in [6, 6.07) is 2.06. The van der Waals surface area contributed by atoms with E-state index in [9.17, 15) is 14.3 Å². The highest BCUT2D eigenvalue weighted by Crippen LogP contribution is 2.30. The molecule has 1 aliphatic rings. The molecule has 0 fully saturated rings. The number of aromatic nitrogens is 4. The van der Waals surface area contributed by atoms with E-state index in [0.717, 1.165) is 0 Å². The van der Waals surface area contributed by atoms with Gasteiger partial charge < -0.3 is 14.6 Å². The monoisotopic (exact) mass is 291 g/mol. The molecule has 1 aliphatic heterocycles. The molecule has 2 unspecified atom stereocenters. The first kappa shape index (κ1) is 13.6. The van der Waals surface area contributed by atoms with Crippen molar-refractivity contribution < 1.29 is 14.3 Å². The van der Waals surface area contributed by atoms with Crippen LogP contribution in [0.3, 0.4) is 0 Å². The largest absolute Gasteiger partial charge is 0.394 e. The topological polar surface area (TPSA) is 84.1 Å². The molecule has 1 amide bonds. The Morgan fingerprint density at radius 2 is 2.33 bits per heavy atom. The molecule has 0 aromatic carbocycles. The average molecular weight is 291 g/mol. The van der Waals surface area contributed by atoms with Crippen LogP contribution in [0.25, 0.3) is 11.5 Å². The Balaban J connectivity index is 2.10. The Bertz CT molecular complexity index is 674. The first-order valence-electron chi connectivity index (χ1n) is 6.55. The second kappa shape index (κ2) is 5.21. The van der Waals surface area contributed by atoms with Crippen LogP contribution in [0.4, 0.5) is 4.39 Å². The van der Waals surface area contributed by atoms with Gasteiger partial charge in [0, 0.05) is 12.7 Å². The molecule has 0 saturated carbocycles. The molecule has 1 N–H and O–H groups in total. The maximum absolute atomic E-state index is 13.9. The maximum atomic E-state index is 13.9. The number of halogens is 1. The van der Waals surface area contributed by atoms with Crippen LogP contribution in [-0.2, 0) is 11.3 Å². The van der Waals surface area contributed by atoms with Crippen LogP contribution in [0.15, 0.2) is 18.3 Å². The molecule has 21 heavy (non-hydrogen) atoms. The summed E-state index contributed by atoms with van der Waals surface area (Å²) in [5.41, 5.74) is 0.111. The molecule has 0 spiro atoms. The van der Waals surface area contributed by atoms with Crippen molar-refractivity contribution in [1.29, 1.82) is 0 Å². The zero-order chi connectivity index (χ0) is 15.0. The summed E-state index contributed by atoms with van der Waals surface area (Å²) in [5, 5.41) is 17.5. The van der Waals surface area contributed by atoms with E-state index in [2.05, 4.69) is 15.2 Å². The molecule has 2 aromatic heterocycles. The van der Waals surface area contributed by atoms with Crippen LogP contribution in [-0.4, -0.2) is 48.8 Å². The van der Waals surface area contributed by atoms with E-state index < -0.39 is 11.9 Å². The van der Waals surface area contributed by atoms with E-state index in [0.29, 0.717) is 24.6 Å². The van der Waals surface area contributed by atoms with E-state index in [4.69, 9.17) is 0 Å². The van der Waals surface area contributed by atoms with E-state index in [1.807, 2.05) is 0 Å². The Morgan fingerprint density at radius 1 is 1.52 bits per heavy atom. The molecule has 0 saturated heterocycles. The molecule has 3 heterocycles. The molecule has 2 atom stereocenters. The standard InChI is InChI=1S/C13H14FN5O2/c1-8-12-16-17-13(11-10(14)3-2-4-15-11)18(12)5-9(6-20)19(8)7-21/h2-4,7-9,20H,5-6H2,1H3. The number of aliphatic hydroxyl groups excluding tert-OH is 1. The van der Waals surface area contributed by atoms with Gasteiger partial charge in [-0.3, -0.25) is 4.79 Å². The van der Waals surface area contributed by atoms with Crippen LogP contribution in [0.1, 0.15) is 18.8 Å². The third-order valence-electron chi connectivity index (χ3n) is 3.72. The van der Waals surface area contributed by atoms with Crippen molar-refractivity contribution in [3.05, 3.63) is 30.0 Å². The van der Waals surface area contributed by atoms with Crippen molar-refractivity contribution in [2.75, 3.05) is 6.61 Å². The number of hydrogen-bond acceptors (Lipinski definition) is 5. The van der Waals surface area contributed by atoms with Gasteiger partial charge in [-0.25, -0.2) is 9.37 Å². The quantitative estimate of drug-likeness (QED) is 0.826. The van der Waals surface area contributed by atoms with Gasteiger partial charge in [0.05, 0.1) is 18.7 Å². The van der Waals surface area contributed by atoms with Crippen LogP contribution < -0.4 is 0 Å². The summed E-state index contributed by atoms with van der Waals surface area (Å²) in [4.78, 5) is 16.7. The zero-order valence-corrected chi connectivity index (χ0v) is 11.3. The lowest BCUT2D eigenvalue weighted by atomic mass is 10.1. The summed E-state index contributed by atoms with van der Waals surface area (Å²) in [6.45, 7) is 1.90. The van der Waals surface area contributed by atoms with E-state index in [1.165, 1.54) is 23.2 Å². The van der Waals surface area contributed by atoms with Crippen LogP contribution >= 0.6 is 0 Å². The minimum atomic E-state index is -0.487. The van der Waals surface area contributed by atoms with Gasteiger partial charge in [0.25, 0.3) is 0 Å². The lowest BCUT2D eigenvalue weighted by Crippen LogP contribution is -2.46. The number of rotatable bonds is 3. The van der Waals surface area contributed by atoms with Crippen molar-refractivity contribution in [1.82, 2.24) is 24.6 Å². The van der Waals surface area contributed by atoms with Gasteiger partial charge in [-0.15, -0.1) is 10.2 Å². The fourth-order valence-electron chi connectivity index (χ4n) is 2.61. The zero-order valence-electron chi connectivity index (χ0n) is 11.3. The smallest absolute Gasteiger partial charge is 0.210 e. The van der Waals surface area contributed by atoms with Gasteiger partial charge in [-0.05, 0) is 19.1 Å². The number of fused-ring (bicyclic) bond motifs is 1. The van der Waals surface area contributed by atoms with Crippen LogP contribution in [0, 0.1) is 5.82 Å². The van der Waals surface area contributed by atoms with Gasteiger partial charge >= 0.3 is 0 Å². The second-order valence-corrected chi connectivity index (χ2v) is 4.89. The molecule has 0 radical (unpaired) electrons. The van der Waals surface area contributed by atoms with E-state index in [1.54, 1.807) is 11.5 Å². The summed E-state index contributed by atoms with van der Waals surface area (Å²) >= 11 is 0. The summed E-state index contributed by atoms with van der Waals surface area (Å²) in [5.74, 6) is 0.365. The maximum Gasteiger partial charge on any atom is 0.210 e. The predicted molar refractivity (Wildman–Crippen MR) is 70.4 cm³/mol. The third-order valence-corrected chi connectivity index (χ3v) is 3.72. The van der Waals surface area contributed by atoms with E-state index in [-0.39, 0.29) is 18.3 Å². The highest BCUT2D eigenvalue weighted by atomic mass is 19.1. The van der Waals surface area contributed by atoms with Crippen LogP contribution in [0.2, 0.25) is 0 Å². The Kier molecular flexibility index (Phi) is 3.38. The van der Waals surface area contributed by atoms with Gasteiger partial charge in [-0.1, -0.05) is 0 Å². The summed E-state index contributed by atoms with van der Waals surface area (Å²) < 4.78 is 15.6. The average Bonchev–Trinajstić information content (AvgIpc) is 2.91. The van der Waals surface area contributed by atoms with Gasteiger partial charge in [-0.2, -0.15) is 0 Å².